The predicted molar refractivity (Wildman–Crippen MR) is 32.8 cm³/mol. The second kappa shape index (κ2) is 1.28. The maximum Gasteiger partial charge on any atom is 0.223 e. The first-order valence-corrected chi connectivity index (χ1v) is 2.54. The van der Waals surface area contributed by atoms with Crippen LogP contribution in [0.1, 0.15) is 0 Å². The first-order chi connectivity index (χ1) is 4.38. The van der Waals surface area contributed by atoms with Crippen molar-refractivity contribution in [3.05, 3.63) is 12.5 Å². The second-order valence-electron chi connectivity index (χ2n) is 1.80. The first-order valence-electron chi connectivity index (χ1n) is 2.54. The van der Waals surface area contributed by atoms with Crippen molar-refractivity contribution in [2.45, 2.75) is 0 Å². The lowest BCUT2D eigenvalue weighted by Crippen LogP contribution is -1.77. The summed E-state index contributed by atoms with van der Waals surface area (Å²) in [4.78, 5) is 0. The Morgan fingerprint density at radius 1 is 1.67 bits per heavy atom. The van der Waals surface area contributed by atoms with E-state index < -0.39 is 0 Å². The van der Waals surface area contributed by atoms with Crippen molar-refractivity contribution in [2.24, 2.45) is 0 Å². The van der Waals surface area contributed by atoms with Crippen LogP contribution in [0.4, 0.5) is 5.69 Å². The maximum absolute atomic E-state index is 5.47. The molecule has 9 heavy (non-hydrogen) atoms. The van der Waals surface area contributed by atoms with E-state index in [-0.39, 0.29) is 0 Å². The van der Waals surface area contributed by atoms with Crippen LogP contribution in [0.25, 0.3) is 11.1 Å². The van der Waals surface area contributed by atoms with Crippen molar-refractivity contribution in [1.29, 1.82) is 0 Å². The topological polar surface area (TPSA) is 67.8 Å². The predicted octanol–water partition coefficient (Wildman–Crippen LogP) is 0.738. The van der Waals surface area contributed by atoms with Gasteiger partial charge in [0.05, 0.1) is 17.3 Å². The monoisotopic (exact) mass is 123 g/mol. The molecule has 46 valence electrons. The summed E-state index contributed by atoms with van der Waals surface area (Å²) in [5, 5.41) is 7.21. The van der Waals surface area contributed by atoms with E-state index in [9.17, 15) is 0 Å². The van der Waals surface area contributed by atoms with Gasteiger partial charge in [0.2, 0.25) is 5.71 Å². The van der Waals surface area contributed by atoms with E-state index in [1.807, 2.05) is 0 Å². The third-order valence-electron chi connectivity index (χ3n) is 1.22. The van der Waals surface area contributed by atoms with E-state index in [1.165, 1.54) is 6.26 Å². The minimum Gasteiger partial charge on any atom is -0.444 e. The molecule has 2 heterocycles. The van der Waals surface area contributed by atoms with Gasteiger partial charge in [0.1, 0.15) is 6.26 Å². The summed E-state index contributed by atoms with van der Waals surface area (Å²) < 4.78 is 4.95. The van der Waals surface area contributed by atoms with Crippen LogP contribution in [0.15, 0.2) is 16.9 Å². The molecule has 0 aliphatic carbocycles. The van der Waals surface area contributed by atoms with Gasteiger partial charge in [-0.25, -0.2) is 5.10 Å². The van der Waals surface area contributed by atoms with Crippen LogP contribution in [-0.4, -0.2) is 10.2 Å². The molecule has 0 aliphatic rings. The number of anilines is 1. The van der Waals surface area contributed by atoms with Crippen molar-refractivity contribution in [3.8, 4) is 0 Å². The molecule has 0 bridgehead atoms. The molecule has 0 radical (unpaired) electrons. The molecule has 4 nitrogen and oxygen atoms in total. The van der Waals surface area contributed by atoms with Crippen molar-refractivity contribution >= 4 is 16.8 Å². The fourth-order valence-electron chi connectivity index (χ4n) is 0.756. The number of nitrogens with one attached hydrogen (secondary N) is 1. The number of rotatable bonds is 0. The van der Waals surface area contributed by atoms with Crippen LogP contribution < -0.4 is 5.73 Å². The molecule has 0 spiro atoms. The van der Waals surface area contributed by atoms with Crippen LogP contribution in [0.2, 0.25) is 0 Å². The zero-order valence-corrected chi connectivity index (χ0v) is 4.59. The lowest BCUT2D eigenvalue weighted by atomic mass is 10.4. The van der Waals surface area contributed by atoms with E-state index in [0.717, 1.165) is 5.39 Å². The minimum atomic E-state index is 0.624. The van der Waals surface area contributed by atoms with E-state index in [2.05, 4.69) is 10.2 Å². The Balaban J connectivity index is 2.99. The summed E-state index contributed by atoms with van der Waals surface area (Å²) in [6.07, 6.45) is 3.12. The van der Waals surface area contributed by atoms with Gasteiger partial charge in [0.15, 0.2) is 0 Å². The molecular formula is C5H5N3O. The molecular weight excluding hydrogens is 118 g/mol. The number of furan rings is 1. The summed E-state index contributed by atoms with van der Waals surface area (Å²) >= 11 is 0. The third-order valence-corrected chi connectivity index (χ3v) is 1.22. The summed E-state index contributed by atoms with van der Waals surface area (Å²) in [6, 6.07) is 0. The number of nitrogens with zero attached hydrogens (tertiary/aromatic N) is 1. The van der Waals surface area contributed by atoms with Crippen LogP contribution in [-0.2, 0) is 0 Å². The van der Waals surface area contributed by atoms with Crippen LogP contribution in [0.3, 0.4) is 0 Å². The number of H-pyrrole nitrogens is 1. The number of fused-ring (bicyclic) bond motifs is 1. The molecule has 4 heteroatoms. The lowest BCUT2D eigenvalue weighted by Gasteiger charge is -1.73. The molecule has 2 rings (SSSR count). The van der Waals surface area contributed by atoms with E-state index in [1.54, 1.807) is 6.20 Å². The number of nitrogen functional groups attached to an aromatic ring is 1. The Kier molecular flexibility index (Phi) is 0.631. The van der Waals surface area contributed by atoms with Gasteiger partial charge in [-0.2, -0.15) is 5.10 Å². The van der Waals surface area contributed by atoms with Crippen molar-refractivity contribution in [2.75, 3.05) is 5.73 Å². The van der Waals surface area contributed by atoms with Gasteiger partial charge in [-0.1, -0.05) is 0 Å². The summed E-state index contributed by atoms with van der Waals surface area (Å²) in [6.45, 7) is 0. The smallest absolute Gasteiger partial charge is 0.223 e. The highest BCUT2D eigenvalue weighted by atomic mass is 16.3. The largest absolute Gasteiger partial charge is 0.444 e. The summed E-state index contributed by atoms with van der Waals surface area (Å²) in [5.41, 5.74) is 6.72. The van der Waals surface area contributed by atoms with Gasteiger partial charge in [-0.15, -0.1) is 0 Å². The average Bonchev–Trinajstić information content (AvgIpc) is 2.35. The van der Waals surface area contributed by atoms with Crippen molar-refractivity contribution < 1.29 is 4.42 Å². The molecule has 0 amide bonds. The highest BCUT2D eigenvalue weighted by molar-refractivity contribution is 5.85. The van der Waals surface area contributed by atoms with Gasteiger partial charge in [0, 0.05) is 0 Å². The van der Waals surface area contributed by atoms with E-state index in [0.29, 0.717) is 11.4 Å². The summed E-state index contributed by atoms with van der Waals surface area (Å²) in [5.74, 6) is 0. The summed E-state index contributed by atoms with van der Waals surface area (Å²) in [7, 11) is 0. The third kappa shape index (κ3) is 0.440. The molecule has 2 aromatic heterocycles. The molecule has 0 aromatic carbocycles. The normalized spacial score (nSPS) is 10.7. The quantitative estimate of drug-likeness (QED) is 0.542. The molecule has 0 saturated carbocycles. The Morgan fingerprint density at radius 3 is 3.33 bits per heavy atom. The fourth-order valence-corrected chi connectivity index (χ4v) is 0.756. The Hall–Kier alpha value is -1.45. The van der Waals surface area contributed by atoms with Gasteiger partial charge < -0.3 is 10.2 Å². The Morgan fingerprint density at radius 2 is 2.56 bits per heavy atom. The highest BCUT2D eigenvalue weighted by Gasteiger charge is 2.01. The number of hydrogen-bond donors (Lipinski definition) is 2. The lowest BCUT2D eigenvalue weighted by molar-refractivity contribution is 0.601. The van der Waals surface area contributed by atoms with Gasteiger partial charge in [-0.05, 0) is 0 Å². The number of aromatic nitrogens is 2. The van der Waals surface area contributed by atoms with Crippen LogP contribution >= 0.6 is 0 Å². The molecule has 0 aliphatic heterocycles. The SMILES string of the molecule is Nc1coc2[nH]ncc12. The highest BCUT2D eigenvalue weighted by Crippen LogP contribution is 2.19. The second-order valence-corrected chi connectivity index (χ2v) is 1.80. The van der Waals surface area contributed by atoms with Crippen LogP contribution in [0.5, 0.6) is 0 Å². The standard InChI is InChI=1S/C5H5N3O/c6-4-2-9-5-3(4)1-7-8-5/h1-2H,6H2,(H,7,8). The maximum atomic E-state index is 5.47. The molecule has 0 fully saturated rings. The first kappa shape index (κ1) is 4.43. The zero-order valence-electron chi connectivity index (χ0n) is 4.59. The van der Waals surface area contributed by atoms with Gasteiger partial charge in [-0.3, -0.25) is 0 Å². The van der Waals surface area contributed by atoms with Crippen LogP contribution in [0, 0.1) is 0 Å². The number of hydrogen-bond acceptors (Lipinski definition) is 3. The van der Waals surface area contributed by atoms with Gasteiger partial charge >= 0.3 is 0 Å². The van der Waals surface area contributed by atoms with Crippen molar-refractivity contribution in [1.82, 2.24) is 10.2 Å². The Bertz CT molecular complexity index is 321. The Labute approximate surface area is 50.6 Å². The average molecular weight is 123 g/mol. The van der Waals surface area contributed by atoms with E-state index in [4.69, 9.17) is 10.2 Å². The molecule has 3 N–H and O–H groups in total. The molecule has 0 saturated heterocycles. The molecule has 0 unspecified atom stereocenters. The number of aromatic amines is 1. The van der Waals surface area contributed by atoms with Crippen molar-refractivity contribution in [3.63, 3.8) is 0 Å². The zero-order chi connectivity index (χ0) is 6.27. The fraction of sp³-hybridized carbons (Fsp3) is 0. The molecule has 0 atom stereocenters. The minimum absolute atomic E-state index is 0.624. The van der Waals surface area contributed by atoms with E-state index >= 15 is 0 Å². The molecule has 2 aromatic rings. The number of nitrogens with two attached hydrogens (primary N) is 1. The van der Waals surface area contributed by atoms with Gasteiger partial charge in [0.25, 0.3) is 0 Å².